The van der Waals surface area contributed by atoms with Crippen molar-refractivity contribution in [1.29, 1.82) is 0 Å². The highest BCUT2D eigenvalue weighted by atomic mass is 19.4. The van der Waals surface area contributed by atoms with E-state index in [1.54, 1.807) is 12.3 Å². The topological polar surface area (TPSA) is 43.4 Å². The fourth-order valence-electron chi connectivity index (χ4n) is 3.28. The Morgan fingerprint density at radius 1 is 0.906 bits per heavy atom. The first-order chi connectivity index (χ1) is 15.3. The number of aromatic nitrogens is 1. The Morgan fingerprint density at radius 3 is 2.28 bits per heavy atom. The van der Waals surface area contributed by atoms with Crippen LogP contribution in [0.5, 0.6) is 11.5 Å². The maximum Gasteiger partial charge on any atom is 0.416 e. The van der Waals surface area contributed by atoms with Crippen molar-refractivity contribution in [1.82, 2.24) is 4.98 Å². The van der Waals surface area contributed by atoms with Crippen molar-refractivity contribution >= 4 is 22.3 Å². The van der Waals surface area contributed by atoms with Crippen LogP contribution in [0.1, 0.15) is 16.7 Å². The number of ether oxygens (including phenoxy) is 2. The lowest BCUT2D eigenvalue weighted by molar-refractivity contribution is -0.137. The molecule has 1 aromatic heterocycles. The zero-order chi connectivity index (χ0) is 22.7. The lowest BCUT2D eigenvalue weighted by atomic mass is 10.1. The summed E-state index contributed by atoms with van der Waals surface area (Å²) in [7, 11) is 1.53. The number of hydrogen-bond donors (Lipinski definition) is 1. The van der Waals surface area contributed by atoms with Gasteiger partial charge in [0.2, 0.25) is 0 Å². The van der Waals surface area contributed by atoms with Gasteiger partial charge in [-0.25, -0.2) is 0 Å². The van der Waals surface area contributed by atoms with Crippen LogP contribution in [0, 0.1) is 6.92 Å². The summed E-state index contributed by atoms with van der Waals surface area (Å²) >= 11 is 0. The Hall–Kier alpha value is -3.74. The van der Waals surface area contributed by atoms with Gasteiger partial charge in [0.05, 0.1) is 18.2 Å². The maximum atomic E-state index is 12.8. The molecule has 4 nitrogen and oxygen atoms in total. The molecule has 3 aromatic carbocycles. The number of halogens is 3. The van der Waals surface area contributed by atoms with Gasteiger partial charge in [-0.15, -0.1) is 0 Å². The van der Waals surface area contributed by atoms with Gasteiger partial charge < -0.3 is 14.8 Å². The van der Waals surface area contributed by atoms with Crippen LogP contribution in [0.25, 0.3) is 10.9 Å². The molecule has 7 heteroatoms. The van der Waals surface area contributed by atoms with E-state index < -0.39 is 11.7 Å². The molecule has 0 unspecified atom stereocenters. The van der Waals surface area contributed by atoms with Crippen molar-refractivity contribution in [2.75, 3.05) is 12.4 Å². The molecule has 0 saturated heterocycles. The predicted octanol–water partition coefficient (Wildman–Crippen LogP) is 6.89. The summed E-state index contributed by atoms with van der Waals surface area (Å²) in [4.78, 5) is 4.42. The number of nitrogens with zero attached hydrogens (tertiary/aromatic N) is 1. The first-order valence-electron chi connectivity index (χ1n) is 9.93. The lowest BCUT2D eigenvalue weighted by Crippen LogP contribution is -2.05. The second-order valence-corrected chi connectivity index (χ2v) is 7.35. The predicted molar refractivity (Wildman–Crippen MR) is 119 cm³/mol. The first kappa shape index (κ1) is 21.5. The number of aryl methyl sites for hydroxylation is 1. The number of nitrogens with one attached hydrogen (secondary N) is 1. The van der Waals surface area contributed by atoms with Crippen LogP contribution in [-0.4, -0.2) is 12.1 Å². The number of alkyl halides is 3. The minimum Gasteiger partial charge on any atom is -0.493 e. The van der Waals surface area contributed by atoms with Crippen molar-refractivity contribution in [3.63, 3.8) is 0 Å². The Bertz CT molecular complexity index is 1220. The van der Waals surface area contributed by atoms with Gasteiger partial charge in [0.25, 0.3) is 0 Å². The monoisotopic (exact) mass is 438 g/mol. The number of anilines is 2. The van der Waals surface area contributed by atoms with E-state index in [9.17, 15) is 13.2 Å². The Labute approximate surface area is 183 Å². The Morgan fingerprint density at radius 2 is 1.62 bits per heavy atom. The van der Waals surface area contributed by atoms with Crippen LogP contribution in [0.15, 0.2) is 72.9 Å². The molecule has 0 aliphatic heterocycles. The molecule has 0 fully saturated rings. The van der Waals surface area contributed by atoms with E-state index in [0.29, 0.717) is 17.1 Å². The Balaban J connectivity index is 1.61. The molecule has 164 valence electrons. The van der Waals surface area contributed by atoms with Gasteiger partial charge in [0.15, 0.2) is 11.5 Å². The number of pyridine rings is 1. The van der Waals surface area contributed by atoms with E-state index in [-0.39, 0.29) is 6.61 Å². The van der Waals surface area contributed by atoms with Crippen molar-refractivity contribution in [3.05, 3.63) is 89.6 Å². The molecular formula is C25H21F3N2O2. The van der Waals surface area contributed by atoms with E-state index >= 15 is 0 Å². The number of rotatable bonds is 6. The molecule has 1 heterocycles. The summed E-state index contributed by atoms with van der Waals surface area (Å²) in [5, 5.41) is 4.22. The molecule has 0 radical (unpaired) electrons. The number of methoxy groups -OCH3 is 1. The highest BCUT2D eigenvalue weighted by Gasteiger charge is 2.29. The molecule has 1 N–H and O–H groups in total. The van der Waals surface area contributed by atoms with Crippen molar-refractivity contribution in [2.24, 2.45) is 0 Å². The smallest absolute Gasteiger partial charge is 0.416 e. The van der Waals surface area contributed by atoms with Crippen LogP contribution in [0.2, 0.25) is 0 Å². The van der Waals surface area contributed by atoms with Crippen LogP contribution in [0.4, 0.5) is 24.5 Å². The molecule has 0 bridgehead atoms. The summed E-state index contributed by atoms with van der Waals surface area (Å²) in [6.45, 7) is 2.12. The van der Waals surface area contributed by atoms with Gasteiger partial charge in [-0.2, -0.15) is 13.2 Å². The average molecular weight is 438 g/mol. The molecular weight excluding hydrogens is 417 g/mol. The molecule has 4 rings (SSSR count). The lowest BCUT2D eigenvalue weighted by Gasteiger charge is -2.15. The first-order valence-corrected chi connectivity index (χ1v) is 9.93. The molecule has 0 spiro atoms. The number of hydrogen-bond acceptors (Lipinski definition) is 4. The third-order valence-electron chi connectivity index (χ3n) is 5.03. The Kier molecular flexibility index (Phi) is 5.90. The second-order valence-electron chi connectivity index (χ2n) is 7.35. The third-order valence-corrected chi connectivity index (χ3v) is 5.03. The van der Waals surface area contributed by atoms with Gasteiger partial charge in [-0.3, -0.25) is 4.98 Å². The van der Waals surface area contributed by atoms with E-state index in [4.69, 9.17) is 9.47 Å². The molecule has 0 saturated carbocycles. The highest BCUT2D eigenvalue weighted by molar-refractivity contribution is 5.95. The van der Waals surface area contributed by atoms with Crippen molar-refractivity contribution in [3.8, 4) is 11.5 Å². The fourth-order valence-corrected chi connectivity index (χ4v) is 3.28. The zero-order valence-electron chi connectivity index (χ0n) is 17.5. The summed E-state index contributed by atoms with van der Waals surface area (Å²) in [5.74, 6) is 0.962. The van der Waals surface area contributed by atoms with Crippen LogP contribution >= 0.6 is 0 Å². The van der Waals surface area contributed by atoms with E-state index in [0.717, 1.165) is 34.4 Å². The van der Waals surface area contributed by atoms with Crippen molar-refractivity contribution < 1.29 is 22.6 Å². The summed E-state index contributed by atoms with van der Waals surface area (Å²) in [6, 6.07) is 18.4. The summed E-state index contributed by atoms with van der Waals surface area (Å²) in [5.41, 5.74) is 3.60. The summed E-state index contributed by atoms with van der Waals surface area (Å²) < 4.78 is 49.7. The molecule has 0 aliphatic carbocycles. The molecule has 4 aromatic rings. The van der Waals surface area contributed by atoms with E-state index in [2.05, 4.69) is 10.3 Å². The van der Waals surface area contributed by atoms with E-state index in [1.165, 1.54) is 24.8 Å². The van der Waals surface area contributed by atoms with Crippen LogP contribution in [0.3, 0.4) is 0 Å². The number of benzene rings is 3. The standard InChI is InChI=1S/C25H21F3N2O2/c1-16-3-9-19(10-4-16)30-21-11-12-29-22-14-23(31-2)24(13-20(21)22)32-15-17-5-7-18(8-6-17)25(26,27)28/h3-14H,15H2,1-2H3,(H,29,30). The zero-order valence-corrected chi connectivity index (χ0v) is 17.5. The highest BCUT2D eigenvalue weighted by Crippen LogP contribution is 2.36. The van der Waals surface area contributed by atoms with Gasteiger partial charge >= 0.3 is 6.18 Å². The van der Waals surface area contributed by atoms with Gasteiger partial charge in [0, 0.05) is 29.0 Å². The van der Waals surface area contributed by atoms with Gasteiger partial charge in [0.1, 0.15) is 6.61 Å². The van der Waals surface area contributed by atoms with Gasteiger partial charge in [-0.05, 0) is 48.9 Å². The largest absolute Gasteiger partial charge is 0.493 e. The van der Waals surface area contributed by atoms with Crippen LogP contribution in [-0.2, 0) is 12.8 Å². The SMILES string of the molecule is COc1cc2nccc(Nc3ccc(C)cc3)c2cc1OCc1ccc(C(F)(F)F)cc1. The van der Waals surface area contributed by atoms with E-state index in [1.807, 2.05) is 43.3 Å². The fraction of sp³-hybridized carbons (Fsp3) is 0.160. The third kappa shape index (κ3) is 4.77. The molecule has 0 amide bonds. The minimum atomic E-state index is -4.37. The van der Waals surface area contributed by atoms with Gasteiger partial charge in [-0.1, -0.05) is 29.8 Å². The van der Waals surface area contributed by atoms with Crippen molar-refractivity contribution in [2.45, 2.75) is 19.7 Å². The maximum absolute atomic E-state index is 12.8. The molecule has 32 heavy (non-hydrogen) atoms. The van der Waals surface area contributed by atoms with Crippen LogP contribution < -0.4 is 14.8 Å². The summed E-state index contributed by atoms with van der Waals surface area (Å²) in [6.07, 6.45) is -2.66. The number of fused-ring (bicyclic) bond motifs is 1. The second kappa shape index (κ2) is 8.78. The minimum absolute atomic E-state index is 0.0982. The average Bonchev–Trinajstić information content (AvgIpc) is 2.78. The quantitative estimate of drug-likeness (QED) is 0.356. The molecule has 0 atom stereocenters. The normalized spacial score (nSPS) is 11.4. The molecule has 0 aliphatic rings.